The number of allylic oxidation sites excluding steroid dienone is 3. The molecule has 3 aromatic rings. The summed E-state index contributed by atoms with van der Waals surface area (Å²) in [5, 5.41) is 2.92. The molecular formula is C28H28N4O4S. The zero-order valence-electron chi connectivity index (χ0n) is 20.9. The van der Waals surface area contributed by atoms with Gasteiger partial charge in [-0.2, -0.15) is 4.98 Å². The molecule has 4 bridgehead atoms. The van der Waals surface area contributed by atoms with Gasteiger partial charge in [-0.3, -0.25) is 4.79 Å². The fourth-order valence-corrected chi connectivity index (χ4v) is 5.68. The molecule has 0 spiro atoms. The molecule has 0 fully saturated rings. The number of aryl methyl sites for hydroxylation is 2. The van der Waals surface area contributed by atoms with Gasteiger partial charge in [0.15, 0.2) is 0 Å². The molecule has 2 atom stereocenters. The smallest absolute Gasteiger partial charge is 0.264 e. The predicted molar refractivity (Wildman–Crippen MR) is 142 cm³/mol. The van der Waals surface area contributed by atoms with Crippen molar-refractivity contribution in [3.8, 4) is 17.1 Å². The molecule has 2 N–H and O–H groups in total. The molecule has 5 rings (SSSR count). The van der Waals surface area contributed by atoms with Gasteiger partial charge >= 0.3 is 0 Å². The molecule has 2 aliphatic rings. The van der Waals surface area contributed by atoms with E-state index in [1.54, 1.807) is 12.1 Å². The lowest BCUT2D eigenvalue weighted by Crippen LogP contribution is -2.45. The van der Waals surface area contributed by atoms with Gasteiger partial charge in [-0.1, -0.05) is 55.5 Å². The zero-order valence-corrected chi connectivity index (χ0v) is 21.7. The molecule has 0 radical (unpaired) electrons. The minimum atomic E-state index is -4.08. The number of hydrogen-bond acceptors (Lipinski definition) is 6. The number of fused-ring (bicyclic) bond motifs is 4. The second kappa shape index (κ2) is 9.48. The Morgan fingerprint density at radius 2 is 1.78 bits per heavy atom. The van der Waals surface area contributed by atoms with Crippen LogP contribution in [0, 0.1) is 19.3 Å². The van der Waals surface area contributed by atoms with Gasteiger partial charge < -0.3 is 10.1 Å². The number of ether oxygens (including phenoxy) is 1. The van der Waals surface area contributed by atoms with E-state index in [4.69, 9.17) is 4.74 Å². The lowest BCUT2D eigenvalue weighted by Gasteiger charge is -2.35. The van der Waals surface area contributed by atoms with Crippen molar-refractivity contribution in [1.82, 2.24) is 15.3 Å². The normalized spacial score (nSPS) is 22.5. The fraction of sp³-hybridized carbons (Fsp3) is 0.250. The minimum absolute atomic E-state index is 0.0631. The Morgan fingerprint density at radius 3 is 2.51 bits per heavy atom. The second-order valence-electron chi connectivity index (χ2n) is 9.63. The monoisotopic (exact) mass is 516 g/mol. The van der Waals surface area contributed by atoms with E-state index in [1.807, 2.05) is 44.2 Å². The first-order valence-electron chi connectivity index (χ1n) is 12.0. The maximum Gasteiger partial charge on any atom is 0.264 e. The van der Waals surface area contributed by atoms with Crippen LogP contribution in [0.2, 0.25) is 0 Å². The minimum Gasteiger partial charge on any atom is -0.471 e. The van der Waals surface area contributed by atoms with Gasteiger partial charge in [0.1, 0.15) is 6.10 Å². The SMILES string of the molecule is Cc1cccc(C)c1-c1cc2nc(n1)NS(=O)(=O)c1cccc(c1)C(=O)NC[C@H](C1(C)C=CC=CC1)O2. The van der Waals surface area contributed by atoms with Gasteiger partial charge in [-0.15, -0.1) is 0 Å². The van der Waals surface area contributed by atoms with Crippen molar-refractivity contribution in [3.05, 3.63) is 89.5 Å². The third-order valence-electron chi connectivity index (χ3n) is 6.80. The van der Waals surface area contributed by atoms with E-state index in [-0.39, 0.29) is 28.8 Å². The van der Waals surface area contributed by atoms with E-state index < -0.39 is 27.4 Å². The highest BCUT2D eigenvalue weighted by molar-refractivity contribution is 7.92. The summed E-state index contributed by atoms with van der Waals surface area (Å²) in [6.07, 6.45) is 8.25. The molecule has 1 aliphatic heterocycles. The highest BCUT2D eigenvalue weighted by atomic mass is 32.2. The Bertz CT molecular complexity index is 1530. The summed E-state index contributed by atoms with van der Waals surface area (Å²) >= 11 is 0. The van der Waals surface area contributed by atoms with E-state index in [0.29, 0.717) is 12.1 Å². The van der Waals surface area contributed by atoms with Crippen molar-refractivity contribution in [2.75, 3.05) is 11.3 Å². The molecule has 0 saturated heterocycles. The Balaban J connectivity index is 1.68. The van der Waals surface area contributed by atoms with Crippen LogP contribution in [0.15, 0.2) is 77.7 Å². The van der Waals surface area contributed by atoms with Crippen LogP contribution in [0.5, 0.6) is 5.88 Å². The Hall–Kier alpha value is -3.98. The van der Waals surface area contributed by atoms with Crippen LogP contribution in [-0.4, -0.2) is 36.9 Å². The quantitative estimate of drug-likeness (QED) is 0.516. The molecule has 9 heteroatoms. The summed E-state index contributed by atoms with van der Waals surface area (Å²) in [6.45, 7) is 6.19. The molecule has 0 saturated carbocycles. The van der Waals surface area contributed by atoms with Crippen molar-refractivity contribution in [3.63, 3.8) is 0 Å². The topological polar surface area (TPSA) is 110 Å². The lowest BCUT2D eigenvalue weighted by molar-refractivity contribution is 0.0768. The van der Waals surface area contributed by atoms with E-state index >= 15 is 0 Å². The zero-order chi connectivity index (χ0) is 26.2. The largest absolute Gasteiger partial charge is 0.471 e. The van der Waals surface area contributed by atoms with Crippen molar-refractivity contribution in [1.29, 1.82) is 0 Å². The first-order chi connectivity index (χ1) is 17.6. The van der Waals surface area contributed by atoms with Crippen LogP contribution in [0.4, 0.5) is 5.95 Å². The number of anilines is 1. The highest BCUT2D eigenvalue weighted by Gasteiger charge is 2.35. The molecule has 2 heterocycles. The number of carbonyl (C=O) groups excluding carboxylic acids is 1. The van der Waals surface area contributed by atoms with E-state index in [0.717, 1.165) is 16.7 Å². The van der Waals surface area contributed by atoms with Gasteiger partial charge in [0.2, 0.25) is 11.8 Å². The van der Waals surface area contributed by atoms with Gasteiger partial charge in [0, 0.05) is 22.6 Å². The number of rotatable bonds is 2. The molecule has 1 amide bonds. The standard InChI is InChI=1S/C28H28N4O4S/c1-18-9-7-10-19(2)25(18)22-16-24-31-27(30-22)32-37(34,35)21-12-8-11-20(15-21)26(33)29-17-23(36-24)28(3)13-5-4-6-14-28/h4-13,15-16,23H,14,17H2,1-3H3,(H,29,33)(H,30,31,32)/t23-,28?/m1/s1. The maximum absolute atomic E-state index is 13.2. The average Bonchev–Trinajstić information content (AvgIpc) is 2.86. The number of amides is 1. The first-order valence-corrected chi connectivity index (χ1v) is 13.5. The van der Waals surface area contributed by atoms with Crippen LogP contribution in [-0.2, 0) is 10.0 Å². The van der Waals surface area contributed by atoms with Crippen molar-refractivity contribution in [2.24, 2.45) is 5.41 Å². The summed E-state index contributed by atoms with van der Waals surface area (Å²) in [5.41, 5.74) is 3.18. The fourth-order valence-electron chi connectivity index (χ4n) is 4.69. The van der Waals surface area contributed by atoms with Crippen LogP contribution < -0.4 is 14.8 Å². The predicted octanol–water partition coefficient (Wildman–Crippen LogP) is 4.57. The van der Waals surface area contributed by atoms with Crippen LogP contribution in [0.1, 0.15) is 34.8 Å². The van der Waals surface area contributed by atoms with Gasteiger partial charge in [0.25, 0.3) is 15.9 Å². The Labute approximate surface area is 216 Å². The van der Waals surface area contributed by atoms with Crippen molar-refractivity contribution < 1.29 is 17.9 Å². The summed E-state index contributed by atoms with van der Waals surface area (Å²) in [6, 6.07) is 13.5. The first kappa shape index (κ1) is 24.7. The number of carbonyl (C=O) groups is 1. The maximum atomic E-state index is 13.2. The average molecular weight is 517 g/mol. The molecule has 1 unspecified atom stereocenters. The molecular weight excluding hydrogens is 488 g/mol. The van der Waals surface area contributed by atoms with Crippen molar-refractivity contribution >= 4 is 21.9 Å². The highest BCUT2D eigenvalue weighted by Crippen LogP contribution is 2.35. The molecule has 2 aromatic carbocycles. The number of nitrogens with zero attached hydrogens (tertiary/aromatic N) is 2. The number of hydrogen-bond donors (Lipinski definition) is 2. The molecule has 8 nitrogen and oxygen atoms in total. The van der Waals surface area contributed by atoms with E-state index in [2.05, 4.69) is 39.1 Å². The molecule has 190 valence electrons. The Kier molecular flexibility index (Phi) is 6.33. The van der Waals surface area contributed by atoms with Crippen LogP contribution >= 0.6 is 0 Å². The number of sulfonamides is 1. The third kappa shape index (κ3) is 4.99. The number of benzene rings is 2. The number of aromatic nitrogens is 2. The lowest BCUT2D eigenvalue weighted by atomic mass is 9.78. The van der Waals surface area contributed by atoms with Crippen LogP contribution in [0.3, 0.4) is 0 Å². The van der Waals surface area contributed by atoms with E-state index in [9.17, 15) is 13.2 Å². The van der Waals surface area contributed by atoms with Gasteiger partial charge in [0.05, 0.1) is 17.1 Å². The summed E-state index contributed by atoms with van der Waals surface area (Å²) in [5.74, 6) is -0.292. The number of nitrogens with one attached hydrogen (secondary N) is 2. The summed E-state index contributed by atoms with van der Waals surface area (Å²) < 4.78 is 35.4. The van der Waals surface area contributed by atoms with E-state index in [1.165, 1.54) is 18.2 Å². The van der Waals surface area contributed by atoms with Crippen molar-refractivity contribution in [2.45, 2.75) is 38.2 Å². The Morgan fingerprint density at radius 1 is 1.03 bits per heavy atom. The second-order valence-corrected chi connectivity index (χ2v) is 11.3. The molecule has 1 aliphatic carbocycles. The van der Waals surface area contributed by atoms with Gasteiger partial charge in [-0.25, -0.2) is 18.1 Å². The summed E-state index contributed by atoms with van der Waals surface area (Å²) in [4.78, 5) is 21.9. The summed E-state index contributed by atoms with van der Waals surface area (Å²) in [7, 11) is -4.08. The van der Waals surface area contributed by atoms with Crippen LogP contribution in [0.25, 0.3) is 11.3 Å². The third-order valence-corrected chi connectivity index (χ3v) is 8.13. The molecule has 1 aromatic heterocycles. The molecule has 37 heavy (non-hydrogen) atoms. The van der Waals surface area contributed by atoms with Gasteiger partial charge in [-0.05, 0) is 49.6 Å².